The zero-order valence-electron chi connectivity index (χ0n) is 13.5. The van der Waals surface area contributed by atoms with Crippen LogP contribution in [0.15, 0.2) is 18.2 Å². The van der Waals surface area contributed by atoms with Crippen molar-refractivity contribution in [3.8, 4) is 11.5 Å². The van der Waals surface area contributed by atoms with Crippen molar-refractivity contribution in [2.75, 3.05) is 45.8 Å². The summed E-state index contributed by atoms with van der Waals surface area (Å²) in [6.45, 7) is 2.48. The summed E-state index contributed by atoms with van der Waals surface area (Å²) in [7, 11) is 3.15. The lowest BCUT2D eigenvalue weighted by Gasteiger charge is -2.37. The van der Waals surface area contributed by atoms with E-state index < -0.39 is 5.79 Å². The highest BCUT2D eigenvalue weighted by atomic mass is 16.7. The Hall–Kier alpha value is -1.99. The summed E-state index contributed by atoms with van der Waals surface area (Å²) >= 11 is 0. The van der Waals surface area contributed by atoms with Crippen molar-refractivity contribution >= 4 is 11.7 Å². The Morgan fingerprint density at radius 2 is 1.65 bits per heavy atom. The smallest absolute Gasteiger partial charge is 0.321 e. The number of methoxy groups -OCH3 is 2. The van der Waals surface area contributed by atoms with Gasteiger partial charge in [0.2, 0.25) is 0 Å². The number of piperidine rings is 1. The lowest BCUT2D eigenvalue weighted by Crippen LogP contribution is -2.48. The highest BCUT2D eigenvalue weighted by molar-refractivity contribution is 5.90. The molecule has 2 saturated heterocycles. The van der Waals surface area contributed by atoms with E-state index in [-0.39, 0.29) is 6.03 Å². The van der Waals surface area contributed by atoms with E-state index in [1.54, 1.807) is 37.3 Å². The van der Waals surface area contributed by atoms with Gasteiger partial charge < -0.3 is 29.2 Å². The second-order valence-electron chi connectivity index (χ2n) is 5.63. The third-order valence-electron chi connectivity index (χ3n) is 4.23. The molecule has 7 heteroatoms. The van der Waals surface area contributed by atoms with Gasteiger partial charge in [0.05, 0.1) is 27.4 Å². The number of urea groups is 1. The summed E-state index contributed by atoms with van der Waals surface area (Å²) in [5.41, 5.74) is 0.639. The molecule has 2 aliphatic heterocycles. The van der Waals surface area contributed by atoms with Crippen LogP contribution in [0, 0.1) is 0 Å². The van der Waals surface area contributed by atoms with Crippen LogP contribution in [0.1, 0.15) is 12.8 Å². The Kier molecular flexibility index (Phi) is 4.58. The molecule has 1 aromatic rings. The molecule has 23 heavy (non-hydrogen) atoms. The number of ether oxygens (including phenoxy) is 4. The maximum absolute atomic E-state index is 12.4. The monoisotopic (exact) mass is 322 g/mol. The first-order valence-corrected chi connectivity index (χ1v) is 7.71. The van der Waals surface area contributed by atoms with Crippen molar-refractivity contribution in [3.05, 3.63) is 18.2 Å². The number of carbonyl (C=O) groups excluding carboxylic acids is 1. The molecule has 0 saturated carbocycles. The molecular formula is C16H22N2O5. The summed E-state index contributed by atoms with van der Waals surface area (Å²) < 4.78 is 21.8. The number of amides is 2. The molecule has 126 valence electrons. The first-order chi connectivity index (χ1) is 11.1. The number of hydrogen-bond acceptors (Lipinski definition) is 5. The Labute approximate surface area is 135 Å². The normalized spacial score (nSPS) is 19.7. The molecule has 3 rings (SSSR count). The zero-order valence-corrected chi connectivity index (χ0v) is 13.5. The third kappa shape index (κ3) is 3.51. The van der Waals surface area contributed by atoms with E-state index in [4.69, 9.17) is 18.9 Å². The molecule has 0 bridgehead atoms. The van der Waals surface area contributed by atoms with Crippen LogP contribution in [0.4, 0.5) is 10.5 Å². The van der Waals surface area contributed by atoms with Crippen molar-refractivity contribution in [1.29, 1.82) is 0 Å². The quantitative estimate of drug-likeness (QED) is 0.922. The van der Waals surface area contributed by atoms with Gasteiger partial charge in [-0.25, -0.2) is 4.79 Å². The predicted octanol–water partition coefficient (Wildman–Crippen LogP) is 2.07. The fourth-order valence-corrected chi connectivity index (χ4v) is 2.92. The highest BCUT2D eigenvalue weighted by Gasteiger charge is 2.40. The average molecular weight is 322 g/mol. The molecule has 2 heterocycles. The first kappa shape index (κ1) is 15.9. The van der Waals surface area contributed by atoms with Crippen molar-refractivity contribution in [2.24, 2.45) is 0 Å². The van der Waals surface area contributed by atoms with Gasteiger partial charge in [0.25, 0.3) is 0 Å². The minimum absolute atomic E-state index is 0.145. The molecule has 2 fully saturated rings. The molecule has 0 radical (unpaired) electrons. The summed E-state index contributed by atoms with van der Waals surface area (Å²) in [5.74, 6) is 0.783. The van der Waals surface area contributed by atoms with Gasteiger partial charge in [-0.3, -0.25) is 0 Å². The Balaban J connectivity index is 1.61. The van der Waals surface area contributed by atoms with E-state index in [0.29, 0.717) is 56.3 Å². The molecule has 0 aromatic heterocycles. The second kappa shape index (κ2) is 6.64. The van der Waals surface area contributed by atoms with Gasteiger partial charge in [0.1, 0.15) is 11.5 Å². The minimum Gasteiger partial charge on any atom is -0.497 e. The lowest BCUT2D eigenvalue weighted by atomic mass is 10.0. The van der Waals surface area contributed by atoms with Gasteiger partial charge in [-0.15, -0.1) is 0 Å². The fraction of sp³-hybridized carbons (Fsp3) is 0.562. The van der Waals surface area contributed by atoms with Gasteiger partial charge in [-0.05, 0) is 0 Å². The largest absolute Gasteiger partial charge is 0.497 e. The van der Waals surface area contributed by atoms with Crippen molar-refractivity contribution in [2.45, 2.75) is 18.6 Å². The van der Waals surface area contributed by atoms with E-state index in [2.05, 4.69) is 5.32 Å². The number of nitrogens with one attached hydrogen (secondary N) is 1. The number of anilines is 1. The molecular weight excluding hydrogens is 300 g/mol. The van der Waals surface area contributed by atoms with Gasteiger partial charge in [0, 0.05) is 49.8 Å². The molecule has 0 unspecified atom stereocenters. The molecule has 1 aromatic carbocycles. The maximum Gasteiger partial charge on any atom is 0.321 e. The van der Waals surface area contributed by atoms with Gasteiger partial charge in [-0.2, -0.15) is 0 Å². The Morgan fingerprint density at radius 3 is 2.17 bits per heavy atom. The summed E-state index contributed by atoms with van der Waals surface area (Å²) in [5, 5.41) is 2.89. The van der Waals surface area contributed by atoms with Gasteiger partial charge in [-0.1, -0.05) is 0 Å². The fourth-order valence-electron chi connectivity index (χ4n) is 2.92. The Bertz CT molecular complexity index is 539. The van der Waals surface area contributed by atoms with Crippen LogP contribution in [0.3, 0.4) is 0 Å². The van der Waals surface area contributed by atoms with Crippen LogP contribution < -0.4 is 14.8 Å². The molecule has 0 aliphatic carbocycles. The topological polar surface area (TPSA) is 69.3 Å². The predicted molar refractivity (Wildman–Crippen MR) is 84.0 cm³/mol. The van der Waals surface area contributed by atoms with E-state index in [1.807, 2.05) is 0 Å². The van der Waals surface area contributed by atoms with E-state index in [1.165, 1.54) is 0 Å². The molecule has 2 amide bonds. The maximum atomic E-state index is 12.4. The summed E-state index contributed by atoms with van der Waals surface area (Å²) in [6.07, 6.45) is 1.39. The van der Waals surface area contributed by atoms with E-state index >= 15 is 0 Å². The Morgan fingerprint density at radius 1 is 1.09 bits per heavy atom. The number of benzene rings is 1. The molecule has 1 N–H and O–H groups in total. The first-order valence-electron chi connectivity index (χ1n) is 7.71. The van der Waals surface area contributed by atoms with Crippen molar-refractivity contribution < 1.29 is 23.7 Å². The van der Waals surface area contributed by atoms with Crippen LogP contribution in [0.25, 0.3) is 0 Å². The van der Waals surface area contributed by atoms with Gasteiger partial charge >= 0.3 is 6.03 Å². The standard InChI is InChI=1S/C16H22N2O5/c1-20-13-9-12(10-14(11-13)21-2)17-15(19)18-5-3-16(4-6-18)22-7-8-23-16/h9-11H,3-8H2,1-2H3,(H,17,19). The lowest BCUT2D eigenvalue weighted by molar-refractivity contribution is -0.181. The number of nitrogens with zero attached hydrogens (tertiary/aromatic N) is 1. The molecule has 2 aliphatic rings. The summed E-state index contributed by atoms with van der Waals surface area (Å²) in [4.78, 5) is 14.2. The van der Waals surface area contributed by atoms with Crippen LogP contribution in [0.5, 0.6) is 11.5 Å². The third-order valence-corrected chi connectivity index (χ3v) is 4.23. The SMILES string of the molecule is COc1cc(NC(=O)N2CCC3(CC2)OCCO3)cc(OC)c1. The van der Waals surface area contributed by atoms with Crippen molar-refractivity contribution in [1.82, 2.24) is 4.90 Å². The van der Waals surface area contributed by atoms with Crippen LogP contribution >= 0.6 is 0 Å². The molecule has 1 spiro atoms. The van der Waals surface area contributed by atoms with Crippen LogP contribution in [0.2, 0.25) is 0 Å². The number of hydrogen-bond donors (Lipinski definition) is 1. The van der Waals surface area contributed by atoms with Crippen LogP contribution in [-0.4, -0.2) is 57.2 Å². The number of rotatable bonds is 3. The van der Waals surface area contributed by atoms with E-state index in [9.17, 15) is 4.79 Å². The molecule has 0 atom stereocenters. The van der Waals surface area contributed by atoms with Crippen LogP contribution in [-0.2, 0) is 9.47 Å². The van der Waals surface area contributed by atoms with E-state index in [0.717, 1.165) is 0 Å². The van der Waals surface area contributed by atoms with Gasteiger partial charge in [0.15, 0.2) is 5.79 Å². The highest BCUT2D eigenvalue weighted by Crippen LogP contribution is 2.32. The minimum atomic E-state index is -0.476. The molecule has 7 nitrogen and oxygen atoms in total. The number of carbonyl (C=O) groups is 1. The number of likely N-dealkylation sites (tertiary alicyclic amines) is 1. The van der Waals surface area contributed by atoms with Crippen molar-refractivity contribution in [3.63, 3.8) is 0 Å². The average Bonchev–Trinajstić information content (AvgIpc) is 3.03. The zero-order chi connectivity index (χ0) is 16.3. The summed E-state index contributed by atoms with van der Waals surface area (Å²) in [6, 6.07) is 5.13. The second-order valence-corrected chi connectivity index (χ2v) is 5.63.